The van der Waals surface area contributed by atoms with Gasteiger partial charge in [-0.25, -0.2) is 0 Å². The van der Waals surface area contributed by atoms with Crippen LogP contribution in [0.1, 0.15) is 12.8 Å². The zero-order chi connectivity index (χ0) is 13.7. The van der Waals surface area contributed by atoms with Crippen LogP contribution < -0.4 is 9.64 Å². The fourth-order valence-corrected chi connectivity index (χ4v) is 2.13. The van der Waals surface area contributed by atoms with Crippen molar-refractivity contribution < 1.29 is 19.4 Å². The molecule has 0 saturated carbocycles. The molecule has 2 rings (SSSR count). The highest BCUT2D eigenvalue weighted by Crippen LogP contribution is 2.33. The predicted molar refractivity (Wildman–Crippen MR) is 71.4 cm³/mol. The Morgan fingerprint density at radius 3 is 3.05 bits per heavy atom. The number of carbonyl (C=O) groups excluding carboxylic acids is 1. The van der Waals surface area contributed by atoms with Gasteiger partial charge < -0.3 is 19.5 Å². The Morgan fingerprint density at radius 1 is 1.53 bits per heavy atom. The quantitative estimate of drug-likeness (QED) is 0.813. The normalized spacial score (nSPS) is 17.8. The molecule has 0 radical (unpaired) electrons. The Labute approximate surface area is 112 Å². The van der Waals surface area contributed by atoms with Crippen LogP contribution in [0, 0.1) is 0 Å². The van der Waals surface area contributed by atoms with Crippen molar-refractivity contribution in [2.24, 2.45) is 0 Å². The van der Waals surface area contributed by atoms with Gasteiger partial charge in [0, 0.05) is 20.1 Å². The van der Waals surface area contributed by atoms with E-state index in [1.165, 1.54) is 0 Å². The molecule has 0 saturated heterocycles. The van der Waals surface area contributed by atoms with Gasteiger partial charge in [-0.15, -0.1) is 0 Å². The summed E-state index contributed by atoms with van der Waals surface area (Å²) >= 11 is 0. The van der Waals surface area contributed by atoms with Crippen LogP contribution in [-0.4, -0.2) is 44.0 Å². The molecule has 1 amide bonds. The summed E-state index contributed by atoms with van der Waals surface area (Å²) in [6, 6.07) is 7.40. The van der Waals surface area contributed by atoms with Gasteiger partial charge in [-0.05, 0) is 18.6 Å². The zero-order valence-electron chi connectivity index (χ0n) is 11.0. The first kappa shape index (κ1) is 13.8. The highest BCUT2D eigenvalue weighted by molar-refractivity contribution is 5.95. The maximum atomic E-state index is 12.2. The number of carbonyl (C=O) groups is 1. The van der Waals surface area contributed by atoms with Crippen LogP contribution in [0.25, 0.3) is 0 Å². The minimum absolute atomic E-state index is 0.0336. The minimum Gasteiger partial charge on any atom is -0.484 e. The number of nitrogens with zero attached hydrogens (tertiary/aromatic N) is 1. The van der Waals surface area contributed by atoms with Crippen LogP contribution >= 0.6 is 0 Å². The molecular formula is C14H19NO4. The first-order chi connectivity index (χ1) is 9.26. The zero-order valence-corrected chi connectivity index (χ0v) is 11.0. The molecule has 0 bridgehead atoms. The SMILES string of the molecule is COCCCC(=O)N1CC(CO)Oc2ccccc21. The fourth-order valence-electron chi connectivity index (χ4n) is 2.13. The van der Waals surface area contributed by atoms with Gasteiger partial charge in [-0.1, -0.05) is 12.1 Å². The smallest absolute Gasteiger partial charge is 0.227 e. The summed E-state index contributed by atoms with van der Waals surface area (Å²) in [7, 11) is 1.62. The Hall–Kier alpha value is -1.59. The third-order valence-corrected chi connectivity index (χ3v) is 3.08. The summed E-state index contributed by atoms with van der Waals surface area (Å²) in [4.78, 5) is 13.9. The number of fused-ring (bicyclic) bond motifs is 1. The average molecular weight is 265 g/mol. The van der Waals surface area contributed by atoms with E-state index in [9.17, 15) is 9.90 Å². The van der Waals surface area contributed by atoms with Gasteiger partial charge in [0.25, 0.3) is 0 Å². The van der Waals surface area contributed by atoms with E-state index in [-0.39, 0.29) is 18.6 Å². The molecule has 1 heterocycles. The molecule has 19 heavy (non-hydrogen) atoms. The van der Waals surface area contributed by atoms with E-state index in [2.05, 4.69) is 0 Å². The summed E-state index contributed by atoms with van der Waals surface area (Å²) in [6.45, 7) is 0.858. The summed E-state index contributed by atoms with van der Waals surface area (Å²) < 4.78 is 10.6. The van der Waals surface area contributed by atoms with Crippen molar-refractivity contribution in [3.8, 4) is 5.75 Å². The van der Waals surface area contributed by atoms with Gasteiger partial charge in [0.2, 0.25) is 5.91 Å². The molecule has 0 spiro atoms. The number of para-hydroxylation sites is 2. The predicted octanol–water partition coefficient (Wildman–Crippen LogP) is 1.20. The van der Waals surface area contributed by atoms with Crippen molar-refractivity contribution >= 4 is 11.6 Å². The molecule has 1 N–H and O–H groups in total. The molecule has 0 aliphatic carbocycles. The number of aliphatic hydroxyl groups excluding tert-OH is 1. The fraction of sp³-hybridized carbons (Fsp3) is 0.500. The van der Waals surface area contributed by atoms with Crippen LogP contribution in [0.5, 0.6) is 5.75 Å². The van der Waals surface area contributed by atoms with Gasteiger partial charge in [0.15, 0.2) is 0 Å². The number of anilines is 1. The van der Waals surface area contributed by atoms with E-state index in [1.54, 1.807) is 12.0 Å². The number of aliphatic hydroxyl groups is 1. The lowest BCUT2D eigenvalue weighted by atomic mass is 10.1. The standard InChI is InChI=1S/C14H19NO4/c1-18-8-4-7-14(17)15-9-11(10-16)19-13-6-3-2-5-12(13)15/h2-3,5-6,11,16H,4,7-10H2,1H3. The molecule has 5 heteroatoms. The lowest BCUT2D eigenvalue weighted by Crippen LogP contribution is -2.45. The van der Waals surface area contributed by atoms with Crippen molar-refractivity contribution in [3.05, 3.63) is 24.3 Å². The summed E-state index contributed by atoms with van der Waals surface area (Å²) in [5, 5.41) is 9.25. The highest BCUT2D eigenvalue weighted by Gasteiger charge is 2.28. The highest BCUT2D eigenvalue weighted by atomic mass is 16.5. The third kappa shape index (κ3) is 3.24. The van der Waals surface area contributed by atoms with Crippen LogP contribution in [0.15, 0.2) is 24.3 Å². The van der Waals surface area contributed by atoms with Crippen molar-refractivity contribution in [2.75, 3.05) is 31.8 Å². The molecule has 1 aliphatic rings. The second-order valence-electron chi connectivity index (χ2n) is 4.49. The molecule has 0 fully saturated rings. The summed E-state index contributed by atoms with van der Waals surface area (Å²) in [5.41, 5.74) is 0.773. The number of hydrogen-bond acceptors (Lipinski definition) is 4. The number of hydrogen-bond donors (Lipinski definition) is 1. The second-order valence-corrected chi connectivity index (χ2v) is 4.49. The lowest BCUT2D eigenvalue weighted by molar-refractivity contribution is -0.119. The lowest BCUT2D eigenvalue weighted by Gasteiger charge is -2.34. The molecule has 0 aromatic heterocycles. The van der Waals surface area contributed by atoms with Crippen LogP contribution in [0.3, 0.4) is 0 Å². The minimum atomic E-state index is -0.360. The maximum absolute atomic E-state index is 12.2. The Kier molecular flexibility index (Phi) is 4.76. The van der Waals surface area contributed by atoms with Gasteiger partial charge in [-0.3, -0.25) is 4.79 Å². The van der Waals surface area contributed by atoms with Crippen molar-refractivity contribution in [2.45, 2.75) is 18.9 Å². The van der Waals surface area contributed by atoms with E-state index in [1.807, 2.05) is 24.3 Å². The van der Waals surface area contributed by atoms with E-state index in [0.717, 1.165) is 5.69 Å². The maximum Gasteiger partial charge on any atom is 0.227 e. The van der Waals surface area contributed by atoms with Crippen LogP contribution in [-0.2, 0) is 9.53 Å². The van der Waals surface area contributed by atoms with Crippen molar-refractivity contribution in [1.29, 1.82) is 0 Å². The molecule has 1 aromatic rings. The van der Waals surface area contributed by atoms with E-state index >= 15 is 0 Å². The molecule has 1 atom stereocenters. The topological polar surface area (TPSA) is 59.0 Å². The van der Waals surface area contributed by atoms with Gasteiger partial charge in [0.1, 0.15) is 11.9 Å². The van der Waals surface area contributed by atoms with Crippen LogP contribution in [0.2, 0.25) is 0 Å². The first-order valence-electron chi connectivity index (χ1n) is 6.42. The number of ether oxygens (including phenoxy) is 2. The summed E-state index contributed by atoms with van der Waals surface area (Å²) in [5.74, 6) is 0.680. The van der Waals surface area contributed by atoms with Crippen LogP contribution in [0.4, 0.5) is 5.69 Å². The Bertz CT molecular complexity index is 435. The number of amides is 1. The van der Waals surface area contributed by atoms with Gasteiger partial charge in [0.05, 0.1) is 18.8 Å². The molecule has 1 unspecified atom stereocenters. The molecule has 1 aliphatic heterocycles. The van der Waals surface area contributed by atoms with Crippen molar-refractivity contribution in [3.63, 3.8) is 0 Å². The molecular weight excluding hydrogens is 246 g/mol. The molecule has 104 valence electrons. The average Bonchev–Trinajstić information content (AvgIpc) is 2.46. The Balaban J connectivity index is 2.12. The molecule has 5 nitrogen and oxygen atoms in total. The van der Waals surface area contributed by atoms with E-state index in [0.29, 0.717) is 31.7 Å². The Morgan fingerprint density at radius 2 is 2.32 bits per heavy atom. The third-order valence-electron chi connectivity index (χ3n) is 3.08. The number of methoxy groups -OCH3 is 1. The largest absolute Gasteiger partial charge is 0.484 e. The van der Waals surface area contributed by atoms with Gasteiger partial charge >= 0.3 is 0 Å². The number of rotatable bonds is 5. The second kappa shape index (κ2) is 6.54. The van der Waals surface area contributed by atoms with Crippen molar-refractivity contribution in [1.82, 2.24) is 0 Å². The number of benzene rings is 1. The van der Waals surface area contributed by atoms with Gasteiger partial charge in [-0.2, -0.15) is 0 Å². The van der Waals surface area contributed by atoms with E-state index in [4.69, 9.17) is 9.47 Å². The van der Waals surface area contributed by atoms with E-state index < -0.39 is 0 Å². The first-order valence-corrected chi connectivity index (χ1v) is 6.42. The molecule has 1 aromatic carbocycles. The monoisotopic (exact) mass is 265 g/mol. The summed E-state index contributed by atoms with van der Waals surface area (Å²) in [6.07, 6.45) is 0.764.